The normalized spacial score (nSPS) is 18.2. The zero-order chi connectivity index (χ0) is 13.3. The monoisotopic (exact) mass is 276 g/mol. The van der Waals surface area contributed by atoms with Gasteiger partial charge in [0.1, 0.15) is 18.3 Å². The number of aliphatic hydroxyl groups excluding tert-OH is 3. The number of hydrogen-bond acceptors (Lipinski definition) is 5. The molecule has 0 amide bonds. The summed E-state index contributed by atoms with van der Waals surface area (Å²) in [7, 11) is 0. The Morgan fingerprint density at radius 3 is 2.00 bits per heavy atom. The molecule has 5 nitrogen and oxygen atoms in total. The van der Waals surface area contributed by atoms with Crippen LogP contribution in [-0.2, 0) is 28.7 Å². The number of allylic oxidation sites excluding steroid dienone is 4. The Kier molecular flexibility index (Phi) is 9.12. The van der Waals surface area contributed by atoms with Crippen LogP contribution in [0.25, 0.3) is 0 Å². The fourth-order valence-electron chi connectivity index (χ4n) is 0.996. The Morgan fingerprint density at radius 2 is 1.76 bits per heavy atom. The average Bonchev–Trinajstić information content (AvgIpc) is 2.89. The first-order valence-corrected chi connectivity index (χ1v) is 7.39. The summed E-state index contributed by atoms with van der Waals surface area (Å²) in [5.74, 6) is 0. The molecule has 1 aliphatic carbocycles. The molecule has 0 radical (unpaired) electrons. The Balaban J connectivity index is 0.000000318. The summed E-state index contributed by atoms with van der Waals surface area (Å²) in [6.07, 6.45) is 2.81. The molecule has 0 aromatic heterocycles. The van der Waals surface area contributed by atoms with Crippen LogP contribution in [0.1, 0.15) is 6.42 Å². The fraction of sp³-hybridized carbons (Fsp3) is 0.455. The molecule has 0 aromatic rings. The molecule has 0 bridgehead atoms. The van der Waals surface area contributed by atoms with E-state index >= 15 is 0 Å². The maximum atomic E-state index is 9.73. The molecule has 0 saturated heterocycles. The number of aliphatic hydroxyl groups is 3. The molecule has 2 atom stereocenters. The molecule has 17 heavy (non-hydrogen) atoms. The van der Waals surface area contributed by atoms with Gasteiger partial charge in [-0.05, 0) is 0 Å². The van der Waals surface area contributed by atoms with E-state index in [1.54, 1.807) is 3.88 Å². The van der Waals surface area contributed by atoms with Crippen LogP contribution in [-0.4, -0.2) is 46.2 Å². The molecule has 0 saturated carbocycles. The summed E-state index contributed by atoms with van der Waals surface area (Å²) in [5.41, 5.74) is 0. The van der Waals surface area contributed by atoms with Gasteiger partial charge in [-0.3, -0.25) is 0 Å². The van der Waals surface area contributed by atoms with E-state index in [-0.39, 0.29) is 12.6 Å². The molecule has 3 N–H and O–H groups in total. The summed E-state index contributed by atoms with van der Waals surface area (Å²) >= 11 is 0.292. The van der Waals surface area contributed by atoms with Gasteiger partial charge in [0.05, 0.1) is 0 Å². The molecule has 0 spiro atoms. The molecule has 6 heteroatoms. The molecule has 0 heterocycles. The molecule has 2 unspecified atom stereocenters. The van der Waals surface area contributed by atoms with E-state index in [1.165, 1.54) is 6.42 Å². The van der Waals surface area contributed by atoms with Gasteiger partial charge in [-0.2, -0.15) is 0 Å². The second-order valence-corrected chi connectivity index (χ2v) is 5.10. The summed E-state index contributed by atoms with van der Waals surface area (Å²) in [6, 6.07) is 0. The molecule has 1 aliphatic rings. The van der Waals surface area contributed by atoms with Crippen molar-refractivity contribution in [1.29, 1.82) is 0 Å². The molecule has 1 rings (SSSR count). The average molecular weight is 276 g/mol. The second kappa shape index (κ2) is 9.44. The minimum atomic E-state index is -1.73. The van der Waals surface area contributed by atoms with Crippen molar-refractivity contribution in [3.63, 3.8) is 0 Å². The van der Waals surface area contributed by atoms with E-state index in [4.69, 9.17) is 15.3 Å². The van der Waals surface area contributed by atoms with Gasteiger partial charge in [0.2, 0.25) is 0 Å². The quantitative estimate of drug-likeness (QED) is 0.461. The summed E-state index contributed by atoms with van der Waals surface area (Å²) < 4.78 is 1.68. The summed E-state index contributed by atoms with van der Waals surface area (Å²) in [6.45, 7) is 0. The van der Waals surface area contributed by atoms with E-state index in [9.17, 15) is 9.59 Å². The Labute approximate surface area is 109 Å². The van der Waals surface area contributed by atoms with Gasteiger partial charge in [0, 0.05) is 0 Å². The van der Waals surface area contributed by atoms with Crippen molar-refractivity contribution in [3.05, 3.63) is 22.1 Å². The predicted molar refractivity (Wildman–Crippen MR) is 57.9 cm³/mol. The topological polar surface area (TPSA) is 94.8 Å². The van der Waals surface area contributed by atoms with Crippen LogP contribution in [0.15, 0.2) is 22.1 Å². The van der Waals surface area contributed by atoms with Crippen LogP contribution in [0.4, 0.5) is 0 Å². The SMILES string of the molecule is O=CC(O)C(O)C(O)C=O.[CH3][Ti][C]1=CC=CC1. The standard InChI is InChI=1S/C5H8O5.C5H5.CH3.Ti/c6-1-3(8)5(10)4(9)2-7;1-2-4-5-3-1;;/h1-5,8-10H;1-3H,4H2;1H3;. The van der Waals surface area contributed by atoms with Crippen molar-refractivity contribution < 1.29 is 44.1 Å². The van der Waals surface area contributed by atoms with Crippen molar-refractivity contribution in [2.24, 2.45) is 0 Å². The number of rotatable bonds is 5. The summed E-state index contributed by atoms with van der Waals surface area (Å²) in [4.78, 5) is 19.5. The van der Waals surface area contributed by atoms with Gasteiger partial charge in [0.15, 0.2) is 12.6 Å². The third-order valence-corrected chi connectivity index (χ3v) is 3.65. The number of carbonyl (C=O) groups excluding carboxylic acids is 2. The van der Waals surface area contributed by atoms with Crippen molar-refractivity contribution in [1.82, 2.24) is 0 Å². The molecule has 0 aromatic carbocycles. The van der Waals surface area contributed by atoms with Gasteiger partial charge in [-0.25, -0.2) is 0 Å². The van der Waals surface area contributed by atoms with Crippen LogP contribution in [0, 0.1) is 0 Å². The number of aldehydes is 2. The maximum absolute atomic E-state index is 9.73. The fourth-order valence-corrected chi connectivity index (χ4v) is 1.91. The van der Waals surface area contributed by atoms with E-state index in [0.717, 1.165) is 0 Å². The predicted octanol–water partition coefficient (Wildman–Crippen LogP) is -0.572. The van der Waals surface area contributed by atoms with Crippen molar-refractivity contribution >= 4 is 12.6 Å². The minimum absolute atomic E-state index is 0.0391. The van der Waals surface area contributed by atoms with Crippen LogP contribution in [0.5, 0.6) is 0 Å². The van der Waals surface area contributed by atoms with Gasteiger partial charge < -0.3 is 24.9 Å². The number of hydrogen-bond donors (Lipinski definition) is 3. The third kappa shape index (κ3) is 6.66. The Bertz CT molecular complexity index is 286. The first kappa shape index (κ1) is 16.4. The van der Waals surface area contributed by atoms with Crippen LogP contribution in [0.3, 0.4) is 0 Å². The van der Waals surface area contributed by atoms with Gasteiger partial charge in [-0.15, -0.1) is 0 Å². The first-order chi connectivity index (χ1) is 8.06. The Morgan fingerprint density at radius 1 is 1.24 bits per heavy atom. The molecular weight excluding hydrogens is 260 g/mol. The Hall–Kier alpha value is -0.586. The van der Waals surface area contributed by atoms with E-state index in [2.05, 4.69) is 23.5 Å². The van der Waals surface area contributed by atoms with E-state index in [1.807, 2.05) is 0 Å². The van der Waals surface area contributed by atoms with Gasteiger partial charge in [0.25, 0.3) is 0 Å². The van der Waals surface area contributed by atoms with E-state index < -0.39 is 18.3 Å². The third-order valence-electron chi connectivity index (χ3n) is 2.07. The van der Waals surface area contributed by atoms with Gasteiger partial charge in [-0.1, -0.05) is 0 Å². The van der Waals surface area contributed by atoms with Crippen LogP contribution < -0.4 is 0 Å². The molecular formula is C11H16O5Ti. The molecule has 94 valence electrons. The molecule has 0 aliphatic heterocycles. The zero-order valence-electron chi connectivity index (χ0n) is 9.48. The second-order valence-electron chi connectivity index (χ2n) is 3.32. The van der Waals surface area contributed by atoms with Gasteiger partial charge >= 0.3 is 52.9 Å². The van der Waals surface area contributed by atoms with Crippen molar-refractivity contribution in [3.8, 4) is 0 Å². The van der Waals surface area contributed by atoms with E-state index in [0.29, 0.717) is 19.2 Å². The molecule has 0 fully saturated rings. The summed E-state index contributed by atoms with van der Waals surface area (Å²) in [5, 5.41) is 27.9. The number of carbonyl (C=O) groups is 2. The van der Waals surface area contributed by atoms with Crippen molar-refractivity contribution in [2.45, 2.75) is 30.0 Å². The van der Waals surface area contributed by atoms with Crippen LogP contribution in [0.2, 0.25) is 5.23 Å². The van der Waals surface area contributed by atoms with Crippen molar-refractivity contribution in [2.75, 3.05) is 0 Å². The first-order valence-electron chi connectivity index (χ1n) is 5.05. The van der Waals surface area contributed by atoms with Crippen LogP contribution >= 0.6 is 0 Å². The zero-order valence-corrected chi connectivity index (χ0v) is 11.0.